The lowest BCUT2D eigenvalue weighted by atomic mass is 10.1. The largest absolute Gasteiger partial charge is 0.496 e. The summed E-state index contributed by atoms with van der Waals surface area (Å²) in [5.41, 5.74) is 0.358. The van der Waals surface area contributed by atoms with Crippen LogP contribution in [0.2, 0.25) is 5.02 Å². The lowest BCUT2D eigenvalue weighted by Gasteiger charge is -2.23. The van der Waals surface area contributed by atoms with Gasteiger partial charge in [0.15, 0.2) is 0 Å². The van der Waals surface area contributed by atoms with E-state index in [-0.39, 0.29) is 12.2 Å². The molecule has 1 aromatic rings. The lowest BCUT2D eigenvalue weighted by molar-refractivity contribution is -0.0500. The van der Waals surface area contributed by atoms with Gasteiger partial charge in [-0.3, -0.25) is 0 Å². The zero-order valence-corrected chi connectivity index (χ0v) is 11.4. The van der Waals surface area contributed by atoms with Crippen LogP contribution in [0.5, 0.6) is 5.75 Å². The molecule has 1 aromatic carbocycles. The summed E-state index contributed by atoms with van der Waals surface area (Å²) in [5.74, 6) is 0.611. The number of rotatable bonds is 4. The van der Waals surface area contributed by atoms with Crippen LogP contribution < -0.4 is 4.74 Å². The maximum absolute atomic E-state index is 10.1. The fourth-order valence-electron chi connectivity index (χ4n) is 1.38. The molecule has 0 saturated carbocycles. The molecule has 0 aliphatic rings. The van der Waals surface area contributed by atoms with Crippen molar-refractivity contribution in [3.05, 3.63) is 28.8 Å². The van der Waals surface area contributed by atoms with Crippen molar-refractivity contribution < 1.29 is 14.6 Å². The van der Waals surface area contributed by atoms with Gasteiger partial charge in [0.1, 0.15) is 11.9 Å². The molecule has 17 heavy (non-hydrogen) atoms. The van der Waals surface area contributed by atoms with Gasteiger partial charge in [-0.15, -0.1) is 0 Å². The Morgan fingerprint density at radius 3 is 2.53 bits per heavy atom. The van der Waals surface area contributed by atoms with E-state index in [1.54, 1.807) is 25.3 Å². The minimum absolute atomic E-state index is 0.209. The Morgan fingerprint density at radius 2 is 2.00 bits per heavy atom. The van der Waals surface area contributed by atoms with Gasteiger partial charge in [-0.25, -0.2) is 0 Å². The fraction of sp³-hybridized carbons (Fsp3) is 0.538. The summed E-state index contributed by atoms with van der Waals surface area (Å²) in [5, 5.41) is 10.6. The van der Waals surface area contributed by atoms with Crippen LogP contribution in [0.15, 0.2) is 18.2 Å². The molecule has 96 valence electrons. The molecule has 0 fully saturated rings. The first kappa shape index (κ1) is 14.3. The SMILES string of the molecule is COc1ccc(Cl)cc1C(O)COC(C)(C)C. The molecule has 3 nitrogen and oxygen atoms in total. The second-order valence-electron chi connectivity index (χ2n) is 4.83. The molecule has 4 heteroatoms. The van der Waals surface area contributed by atoms with Crippen molar-refractivity contribution in [2.75, 3.05) is 13.7 Å². The normalized spacial score (nSPS) is 13.5. The van der Waals surface area contributed by atoms with Gasteiger partial charge in [-0.1, -0.05) is 11.6 Å². The van der Waals surface area contributed by atoms with E-state index in [1.807, 2.05) is 20.8 Å². The summed E-state index contributed by atoms with van der Waals surface area (Å²) in [6, 6.07) is 5.15. The van der Waals surface area contributed by atoms with E-state index in [1.165, 1.54) is 0 Å². The van der Waals surface area contributed by atoms with E-state index in [2.05, 4.69) is 0 Å². The number of hydrogen-bond donors (Lipinski definition) is 1. The number of halogens is 1. The molecule has 0 spiro atoms. The van der Waals surface area contributed by atoms with Crippen molar-refractivity contribution in [2.24, 2.45) is 0 Å². The number of methoxy groups -OCH3 is 1. The molecule has 0 aromatic heterocycles. The van der Waals surface area contributed by atoms with E-state index in [4.69, 9.17) is 21.1 Å². The van der Waals surface area contributed by atoms with Crippen LogP contribution in [0, 0.1) is 0 Å². The first-order valence-electron chi connectivity index (χ1n) is 5.49. The van der Waals surface area contributed by atoms with Crippen LogP contribution in [-0.2, 0) is 4.74 Å². The smallest absolute Gasteiger partial charge is 0.124 e. The van der Waals surface area contributed by atoms with Gasteiger partial charge >= 0.3 is 0 Å². The standard InChI is InChI=1S/C13H19ClO3/c1-13(2,3)17-8-11(15)10-7-9(14)5-6-12(10)16-4/h5-7,11,15H,8H2,1-4H3. The molecule has 0 bridgehead atoms. The molecule has 1 unspecified atom stereocenters. The number of ether oxygens (including phenoxy) is 2. The van der Waals surface area contributed by atoms with E-state index in [0.717, 1.165) is 0 Å². The molecular formula is C13H19ClO3. The highest BCUT2D eigenvalue weighted by Crippen LogP contribution is 2.29. The third kappa shape index (κ3) is 4.54. The third-order valence-corrected chi connectivity index (χ3v) is 2.46. The van der Waals surface area contributed by atoms with Crippen LogP contribution in [-0.4, -0.2) is 24.4 Å². The monoisotopic (exact) mass is 258 g/mol. The van der Waals surface area contributed by atoms with Gasteiger partial charge in [0, 0.05) is 10.6 Å². The second-order valence-corrected chi connectivity index (χ2v) is 5.26. The molecule has 0 radical (unpaired) electrons. The Bertz CT molecular complexity index is 371. The Balaban J connectivity index is 2.80. The van der Waals surface area contributed by atoms with E-state index in [0.29, 0.717) is 16.3 Å². The van der Waals surface area contributed by atoms with Crippen LogP contribution in [0.3, 0.4) is 0 Å². The van der Waals surface area contributed by atoms with Crippen molar-refractivity contribution >= 4 is 11.6 Å². The zero-order valence-electron chi connectivity index (χ0n) is 10.7. The molecule has 1 atom stereocenters. The van der Waals surface area contributed by atoms with E-state index in [9.17, 15) is 5.11 Å². The average Bonchev–Trinajstić information content (AvgIpc) is 2.25. The summed E-state index contributed by atoms with van der Waals surface area (Å²) in [7, 11) is 1.56. The predicted octanol–water partition coefficient (Wildman–Crippen LogP) is 3.20. The van der Waals surface area contributed by atoms with E-state index >= 15 is 0 Å². The fourth-order valence-corrected chi connectivity index (χ4v) is 1.56. The van der Waals surface area contributed by atoms with Gasteiger partial charge in [0.25, 0.3) is 0 Å². The molecular weight excluding hydrogens is 240 g/mol. The van der Waals surface area contributed by atoms with Gasteiger partial charge in [-0.2, -0.15) is 0 Å². The Labute approximate surface area is 107 Å². The van der Waals surface area contributed by atoms with Gasteiger partial charge < -0.3 is 14.6 Å². The maximum Gasteiger partial charge on any atom is 0.124 e. The highest BCUT2D eigenvalue weighted by Gasteiger charge is 2.18. The van der Waals surface area contributed by atoms with Crippen molar-refractivity contribution in [3.8, 4) is 5.75 Å². The molecule has 0 saturated heterocycles. The van der Waals surface area contributed by atoms with Crippen LogP contribution in [0.1, 0.15) is 32.4 Å². The van der Waals surface area contributed by atoms with E-state index < -0.39 is 6.10 Å². The lowest BCUT2D eigenvalue weighted by Crippen LogP contribution is -2.23. The third-order valence-electron chi connectivity index (χ3n) is 2.22. The highest BCUT2D eigenvalue weighted by molar-refractivity contribution is 6.30. The Kier molecular flexibility index (Phi) is 4.80. The van der Waals surface area contributed by atoms with Crippen molar-refractivity contribution in [1.29, 1.82) is 0 Å². The average molecular weight is 259 g/mol. The molecule has 0 amide bonds. The van der Waals surface area contributed by atoms with Crippen LogP contribution >= 0.6 is 11.6 Å². The quantitative estimate of drug-likeness (QED) is 0.901. The molecule has 1 N–H and O–H groups in total. The summed E-state index contributed by atoms with van der Waals surface area (Å²) >= 11 is 5.90. The molecule has 0 aliphatic carbocycles. The van der Waals surface area contributed by atoms with Crippen molar-refractivity contribution in [2.45, 2.75) is 32.5 Å². The van der Waals surface area contributed by atoms with Gasteiger partial charge in [0.2, 0.25) is 0 Å². The predicted molar refractivity (Wildman–Crippen MR) is 68.7 cm³/mol. The number of aliphatic hydroxyl groups excluding tert-OH is 1. The first-order valence-corrected chi connectivity index (χ1v) is 5.87. The summed E-state index contributed by atoms with van der Waals surface area (Å²) in [4.78, 5) is 0. The Morgan fingerprint density at radius 1 is 1.35 bits per heavy atom. The molecule has 1 rings (SSSR count). The zero-order chi connectivity index (χ0) is 13.1. The minimum atomic E-state index is -0.747. The molecule has 0 heterocycles. The number of benzene rings is 1. The number of aliphatic hydroxyl groups is 1. The van der Waals surface area contributed by atoms with Crippen molar-refractivity contribution in [3.63, 3.8) is 0 Å². The first-order chi connectivity index (χ1) is 7.83. The Hall–Kier alpha value is -0.770. The summed E-state index contributed by atoms with van der Waals surface area (Å²) in [6.07, 6.45) is -0.747. The second kappa shape index (κ2) is 5.71. The van der Waals surface area contributed by atoms with Crippen molar-refractivity contribution in [1.82, 2.24) is 0 Å². The maximum atomic E-state index is 10.1. The topological polar surface area (TPSA) is 38.7 Å². The van der Waals surface area contributed by atoms with Gasteiger partial charge in [0.05, 0.1) is 19.3 Å². The van der Waals surface area contributed by atoms with Gasteiger partial charge in [-0.05, 0) is 39.0 Å². The van der Waals surface area contributed by atoms with Crippen LogP contribution in [0.4, 0.5) is 0 Å². The van der Waals surface area contributed by atoms with Crippen LogP contribution in [0.25, 0.3) is 0 Å². The number of hydrogen-bond acceptors (Lipinski definition) is 3. The summed E-state index contributed by atoms with van der Waals surface area (Å²) < 4.78 is 10.7. The summed E-state index contributed by atoms with van der Waals surface area (Å²) in [6.45, 7) is 6.03. The molecule has 0 aliphatic heterocycles. The highest BCUT2D eigenvalue weighted by atomic mass is 35.5. The minimum Gasteiger partial charge on any atom is -0.496 e.